The molecule has 2 aromatic carbocycles. The summed E-state index contributed by atoms with van der Waals surface area (Å²) >= 11 is 0. The lowest BCUT2D eigenvalue weighted by atomic mass is 9.69. The van der Waals surface area contributed by atoms with E-state index in [2.05, 4.69) is 9.97 Å². The molecule has 0 spiro atoms. The van der Waals surface area contributed by atoms with Gasteiger partial charge in [0.15, 0.2) is 9.84 Å². The Morgan fingerprint density at radius 1 is 0.973 bits per heavy atom. The molecule has 9 heteroatoms. The third-order valence-electron chi connectivity index (χ3n) is 8.09. The highest BCUT2D eigenvalue weighted by Crippen LogP contribution is 2.42. The van der Waals surface area contributed by atoms with Gasteiger partial charge < -0.3 is 15.1 Å². The molecule has 1 aliphatic carbocycles. The molecule has 2 aliphatic rings. The summed E-state index contributed by atoms with van der Waals surface area (Å²) in [5, 5.41) is 21.5. The molecule has 2 fully saturated rings. The van der Waals surface area contributed by atoms with Gasteiger partial charge in [-0.3, -0.25) is 14.8 Å². The summed E-state index contributed by atoms with van der Waals surface area (Å²) in [4.78, 5) is 23.4. The van der Waals surface area contributed by atoms with E-state index in [0.717, 1.165) is 12.8 Å². The van der Waals surface area contributed by atoms with E-state index in [1.807, 2.05) is 6.92 Å². The second kappa shape index (κ2) is 9.78. The van der Waals surface area contributed by atoms with Crippen LogP contribution >= 0.6 is 0 Å². The average Bonchev–Trinajstić information content (AvgIpc) is 2.88. The van der Waals surface area contributed by atoms with E-state index in [1.165, 1.54) is 18.5 Å². The molecule has 2 heterocycles. The predicted molar refractivity (Wildman–Crippen MR) is 140 cm³/mol. The van der Waals surface area contributed by atoms with Gasteiger partial charge in [-0.1, -0.05) is 18.2 Å². The number of likely N-dealkylation sites (tertiary alicyclic amines) is 1. The highest BCUT2D eigenvalue weighted by molar-refractivity contribution is 7.90. The highest BCUT2D eigenvalue weighted by Gasteiger charge is 2.43. The van der Waals surface area contributed by atoms with Crippen LogP contribution < -0.4 is 0 Å². The normalized spacial score (nSPS) is 24.2. The molecule has 5 rings (SSSR count). The minimum absolute atomic E-state index is 0.118. The lowest BCUT2D eigenvalue weighted by molar-refractivity contribution is -0.0954. The number of piperidine rings is 1. The number of hydrogen-bond donors (Lipinski definition) is 2. The zero-order valence-electron chi connectivity index (χ0n) is 21.0. The van der Waals surface area contributed by atoms with Crippen LogP contribution in [0.15, 0.2) is 59.8 Å². The fraction of sp³-hybridized carbons (Fsp3) is 0.464. The summed E-state index contributed by atoms with van der Waals surface area (Å²) in [7, 11) is -3.67. The van der Waals surface area contributed by atoms with Gasteiger partial charge in [-0.15, -0.1) is 0 Å². The van der Waals surface area contributed by atoms with E-state index in [0.29, 0.717) is 60.9 Å². The summed E-state index contributed by atoms with van der Waals surface area (Å²) in [6.07, 6.45) is 7.03. The quantitative estimate of drug-likeness (QED) is 0.525. The Bertz CT molecular complexity index is 1380. The van der Waals surface area contributed by atoms with Crippen LogP contribution in [0.1, 0.15) is 61.4 Å². The number of nitrogens with zero attached hydrogens (tertiary/aromatic N) is 3. The number of amides is 1. The maximum absolute atomic E-state index is 13.1. The van der Waals surface area contributed by atoms with Gasteiger partial charge in [-0.25, -0.2) is 8.42 Å². The van der Waals surface area contributed by atoms with E-state index in [1.54, 1.807) is 41.3 Å². The molecule has 1 saturated carbocycles. The molecule has 37 heavy (non-hydrogen) atoms. The van der Waals surface area contributed by atoms with Crippen molar-refractivity contribution in [1.82, 2.24) is 14.9 Å². The fourth-order valence-electron chi connectivity index (χ4n) is 5.72. The molecule has 0 unspecified atom stereocenters. The van der Waals surface area contributed by atoms with Crippen LogP contribution in [0.5, 0.6) is 0 Å². The van der Waals surface area contributed by atoms with E-state index in [4.69, 9.17) is 0 Å². The predicted octanol–water partition coefficient (Wildman–Crippen LogP) is 3.51. The summed E-state index contributed by atoms with van der Waals surface area (Å²) in [5.41, 5.74) is 0.513. The highest BCUT2D eigenvalue weighted by atomic mass is 32.2. The van der Waals surface area contributed by atoms with Gasteiger partial charge in [-0.05, 0) is 81.2 Å². The first-order valence-electron chi connectivity index (χ1n) is 12.8. The number of benzene rings is 2. The first kappa shape index (κ1) is 25.8. The minimum atomic E-state index is -3.67. The lowest BCUT2D eigenvalue weighted by Gasteiger charge is -2.46. The molecule has 8 nitrogen and oxygen atoms in total. The average molecular weight is 524 g/mol. The summed E-state index contributed by atoms with van der Waals surface area (Å²) < 4.78 is 26.3. The molecule has 0 bridgehead atoms. The standard InChI is InChI=1S/C28H33N3O5S/c1-27(33)11-9-22(10-12-27)28(34)13-17-31(18-14-28)26(32)21-7-5-20(6-8-21)19-37(35,36)24-4-2-3-23-25(24)30-16-15-29-23/h2-8,15-16,22,33-34H,9-14,17-19H2,1H3. The van der Waals surface area contributed by atoms with E-state index in [-0.39, 0.29) is 22.5 Å². The molecule has 1 aromatic heterocycles. The Labute approximate surface area is 217 Å². The van der Waals surface area contributed by atoms with Crippen LogP contribution in [0.3, 0.4) is 0 Å². The largest absolute Gasteiger partial charge is 0.390 e. The molecule has 1 saturated heterocycles. The van der Waals surface area contributed by atoms with Crippen molar-refractivity contribution < 1.29 is 23.4 Å². The molecule has 0 atom stereocenters. The third kappa shape index (κ3) is 5.39. The van der Waals surface area contributed by atoms with Crippen LogP contribution in [-0.4, -0.2) is 63.7 Å². The first-order valence-corrected chi connectivity index (χ1v) is 14.5. The monoisotopic (exact) mass is 523 g/mol. The van der Waals surface area contributed by atoms with Crippen molar-refractivity contribution in [2.75, 3.05) is 13.1 Å². The maximum Gasteiger partial charge on any atom is 0.253 e. The third-order valence-corrected chi connectivity index (χ3v) is 9.81. The van der Waals surface area contributed by atoms with Gasteiger partial charge >= 0.3 is 0 Å². The molecular formula is C28H33N3O5S. The minimum Gasteiger partial charge on any atom is -0.390 e. The van der Waals surface area contributed by atoms with Gasteiger partial charge in [0.25, 0.3) is 5.91 Å². The SMILES string of the molecule is CC1(O)CCC(C2(O)CCN(C(=O)c3ccc(CS(=O)(=O)c4cccc5nccnc45)cc3)CC2)CC1. The number of carbonyl (C=O) groups is 1. The van der Waals surface area contributed by atoms with Crippen molar-refractivity contribution in [2.45, 2.75) is 67.3 Å². The van der Waals surface area contributed by atoms with Crippen molar-refractivity contribution in [2.24, 2.45) is 5.92 Å². The molecule has 3 aromatic rings. The van der Waals surface area contributed by atoms with Crippen LogP contribution in [0.25, 0.3) is 11.0 Å². The summed E-state index contributed by atoms with van der Waals surface area (Å²) in [6.45, 7) is 2.80. The fourth-order valence-corrected chi connectivity index (χ4v) is 7.25. The number of fused-ring (bicyclic) bond motifs is 1. The molecule has 196 valence electrons. The smallest absolute Gasteiger partial charge is 0.253 e. The number of sulfone groups is 1. The molecule has 0 radical (unpaired) electrons. The molecule has 2 N–H and O–H groups in total. The topological polar surface area (TPSA) is 121 Å². The summed E-state index contributed by atoms with van der Waals surface area (Å²) in [6, 6.07) is 11.6. The van der Waals surface area contributed by atoms with Crippen LogP contribution in [0.2, 0.25) is 0 Å². The second-order valence-electron chi connectivity index (χ2n) is 10.8. The Morgan fingerprint density at radius 3 is 2.30 bits per heavy atom. The number of aliphatic hydroxyl groups is 2. The van der Waals surface area contributed by atoms with Crippen LogP contribution in [0, 0.1) is 5.92 Å². The van der Waals surface area contributed by atoms with Crippen LogP contribution in [-0.2, 0) is 15.6 Å². The molecular weight excluding hydrogens is 490 g/mol. The van der Waals surface area contributed by atoms with E-state index < -0.39 is 21.0 Å². The zero-order chi connectivity index (χ0) is 26.3. The van der Waals surface area contributed by atoms with Gasteiger partial charge in [0, 0.05) is 31.0 Å². The van der Waals surface area contributed by atoms with Crippen molar-refractivity contribution in [1.29, 1.82) is 0 Å². The number of para-hydroxylation sites is 1. The van der Waals surface area contributed by atoms with E-state index in [9.17, 15) is 23.4 Å². The Kier molecular flexibility index (Phi) is 6.81. The number of hydrogen-bond acceptors (Lipinski definition) is 7. The Balaban J connectivity index is 1.22. The van der Waals surface area contributed by atoms with Crippen LogP contribution in [0.4, 0.5) is 0 Å². The number of rotatable bonds is 5. The number of carbonyl (C=O) groups excluding carboxylic acids is 1. The molecule has 1 amide bonds. The zero-order valence-corrected chi connectivity index (χ0v) is 21.8. The maximum atomic E-state index is 13.1. The molecule has 1 aliphatic heterocycles. The van der Waals surface area contributed by atoms with Gasteiger partial charge in [-0.2, -0.15) is 0 Å². The van der Waals surface area contributed by atoms with Crippen molar-refractivity contribution >= 4 is 26.8 Å². The van der Waals surface area contributed by atoms with E-state index >= 15 is 0 Å². The Morgan fingerprint density at radius 2 is 1.62 bits per heavy atom. The van der Waals surface area contributed by atoms with Gasteiger partial charge in [0.1, 0.15) is 5.52 Å². The van der Waals surface area contributed by atoms with Gasteiger partial charge in [0.2, 0.25) is 0 Å². The van der Waals surface area contributed by atoms with Crippen molar-refractivity contribution in [3.8, 4) is 0 Å². The number of aromatic nitrogens is 2. The second-order valence-corrected chi connectivity index (χ2v) is 12.8. The van der Waals surface area contributed by atoms with Crippen molar-refractivity contribution in [3.63, 3.8) is 0 Å². The summed E-state index contributed by atoms with van der Waals surface area (Å²) in [5.74, 6) is -0.173. The Hall–Kier alpha value is -2.88. The first-order chi connectivity index (χ1) is 17.6. The van der Waals surface area contributed by atoms with Gasteiger partial charge in [0.05, 0.1) is 27.4 Å². The van der Waals surface area contributed by atoms with Crippen molar-refractivity contribution in [3.05, 3.63) is 66.0 Å². The lowest BCUT2D eigenvalue weighted by Crippen LogP contribution is -2.52.